The molecule has 4 N–H and O–H groups in total. The van der Waals surface area contributed by atoms with Gasteiger partial charge in [-0.2, -0.15) is 26.3 Å². The monoisotopic (exact) mass is 488 g/mol. The summed E-state index contributed by atoms with van der Waals surface area (Å²) in [6, 6.07) is 0.811. The van der Waals surface area contributed by atoms with Crippen molar-refractivity contribution in [1.82, 2.24) is 9.97 Å². The van der Waals surface area contributed by atoms with Crippen LogP contribution in [0.3, 0.4) is 0 Å². The van der Waals surface area contributed by atoms with Crippen LogP contribution < -0.4 is 4.74 Å². The van der Waals surface area contributed by atoms with E-state index in [4.69, 9.17) is 14.6 Å². The Labute approximate surface area is 179 Å². The number of benzene rings is 1. The third kappa shape index (κ3) is 5.16. The van der Waals surface area contributed by atoms with E-state index in [0.29, 0.717) is 18.3 Å². The number of aliphatic hydroxyl groups is 4. The molecule has 1 fully saturated rings. The van der Waals surface area contributed by atoms with Crippen LogP contribution in [0.2, 0.25) is 0 Å². The summed E-state index contributed by atoms with van der Waals surface area (Å²) in [6.07, 6.45) is -18.9. The number of ether oxygens (including phenoxy) is 2. The van der Waals surface area contributed by atoms with E-state index in [9.17, 15) is 46.1 Å². The lowest BCUT2D eigenvalue weighted by Crippen LogP contribution is -2.60. The Kier molecular flexibility index (Phi) is 6.82. The second-order valence-electron chi connectivity index (χ2n) is 6.93. The van der Waals surface area contributed by atoms with Crippen LogP contribution in [0, 0.1) is 5.82 Å². The molecule has 2 aromatic rings. The van der Waals surface area contributed by atoms with Gasteiger partial charge in [-0.15, -0.1) is 0 Å². The molecule has 0 bridgehead atoms. The zero-order chi connectivity index (χ0) is 24.7. The minimum Gasteiger partial charge on any atom is -0.458 e. The molecule has 0 saturated carbocycles. The summed E-state index contributed by atoms with van der Waals surface area (Å²) in [7, 11) is 0. The molecular weight excluding hydrogens is 473 g/mol. The van der Waals surface area contributed by atoms with Crippen LogP contribution in [0.25, 0.3) is 11.3 Å². The molecule has 2 heterocycles. The number of halogens is 7. The molecule has 1 aromatic heterocycles. The molecule has 0 radical (unpaired) electrons. The fraction of sp³-hybridized carbons (Fsp3) is 0.444. The van der Waals surface area contributed by atoms with Crippen molar-refractivity contribution in [3.8, 4) is 17.0 Å². The molecule has 5 atom stereocenters. The summed E-state index contributed by atoms with van der Waals surface area (Å²) in [6.45, 7) is -0.912. The van der Waals surface area contributed by atoms with Gasteiger partial charge in [0.1, 0.15) is 30.0 Å². The van der Waals surface area contributed by atoms with Gasteiger partial charge in [0.15, 0.2) is 17.3 Å². The van der Waals surface area contributed by atoms with Crippen molar-refractivity contribution in [3.63, 3.8) is 0 Å². The first-order valence-electron chi connectivity index (χ1n) is 9.01. The highest BCUT2D eigenvalue weighted by Crippen LogP contribution is 2.41. The number of hydrogen-bond acceptors (Lipinski definition) is 8. The summed E-state index contributed by atoms with van der Waals surface area (Å²) in [4.78, 5) is 6.42. The minimum atomic E-state index is -5.25. The van der Waals surface area contributed by atoms with E-state index >= 15 is 0 Å². The first kappa shape index (κ1) is 25.0. The number of nitrogens with zero attached hydrogens (tertiary/aromatic N) is 2. The van der Waals surface area contributed by atoms with Crippen LogP contribution >= 0.6 is 0 Å². The smallest absolute Gasteiger partial charge is 0.434 e. The van der Waals surface area contributed by atoms with Gasteiger partial charge >= 0.3 is 12.4 Å². The normalized spacial score (nSPS) is 26.3. The molecule has 0 amide bonds. The van der Waals surface area contributed by atoms with Gasteiger partial charge in [0.25, 0.3) is 0 Å². The van der Waals surface area contributed by atoms with Crippen LogP contribution in [0.15, 0.2) is 24.5 Å². The Morgan fingerprint density at radius 3 is 2.09 bits per heavy atom. The Balaban J connectivity index is 2.00. The van der Waals surface area contributed by atoms with Gasteiger partial charge in [-0.3, -0.25) is 4.98 Å². The summed E-state index contributed by atoms with van der Waals surface area (Å²) in [5.74, 6) is -3.12. The van der Waals surface area contributed by atoms with Crippen molar-refractivity contribution in [1.29, 1.82) is 0 Å². The Morgan fingerprint density at radius 2 is 1.58 bits per heavy atom. The topological polar surface area (TPSA) is 125 Å². The summed E-state index contributed by atoms with van der Waals surface area (Å²) < 4.78 is 103. The molecule has 8 nitrogen and oxygen atoms in total. The molecule has 1 aliphatic heterocycles. The summed E-state index contributed by atoms with van der Waals surface area (Å²) in [5, 5.41) is 38.5. The molecule has 0 aliphatic carbocycles. The van der Waals surface area contributed by atoms with Crippen molar-refractivity contribution in [2.75, 3.05) is 6.61 Å². The number of hydrogen-bond donors (Lipinski definition) is 4. The van der Waals surface area contributed by atoms with Crippen molar-refractivity contribution >= 4 is 0 Å². The van der Waals surface area contributed by atoms with E-state index in [1.165, 1.54) is 0 Å². The first-order chi connectivity index (χ1) is 15.2. The second kappa shape index (κ2) is 8.98. The molecule has 33 heavy (non-hydrogen) atoms. The third-order valence-corrected chi connectivity index (χ3v) is 4.67. The number of rotatable bonds is 4. The average molecular weight is 488 g/mol. The quantitative estimate of drug-likeness (QED) is 0.478. The van der Waals surface area contributed by atoms with Gasteiger partial charge in [0.2, 0.25) is 6.29 Å². The molecule has 3 rings (SSSR count). The molecule has 182 valence electrons. The van der Waals surface area contributed by atoms with Gasteiger partial charge in [0, 0.05) is 5.56 Å². The van der Waals surface area contributed by atoms with Crippen molar-refractivity contribution in [2.24, 2.45) is 0 Å². The van der Waals surface area contributed by atoms with E-state index in [-0.39, 0.29) is 6.20 Å². The average Bonchev–Trinajstić information content (AvgIpc) is 2.73. The molecule has 1 saturated heterocycles. The number of alkyl halides is 6. The van der Waals surface area contributed by atoms with Gasteiger partial charge < -0.3 is 29.9 Å². The SMILES string of the molecule is OCC1O[C@H](Oc2c(F)cc(-c3cnc(C(F)(F)F)cn3)cc2C(F)(F)F)C(O)C(O)[C@@H]1O. The van der Waals surface area contributed by atoms with E-state index in [0.717, 1.165) is 0 Å². The van der Waals surface area contributed by atoms with Crippen LogP contribution in [0.4, 0.5) is 30.7 Å². The lowest BCUT2D eigenvalue weighted by Gasteiger charge is -2.39. The van der Waals surface area contributed by atoms with E-state index in [2.05, 4.69) is 9.97 Å². The van der Waals surface area contributed by atoms with Gasteiger partial charge in [-0.25, -0.2) is 9.37 Å². The zero-order valence-corrected chi connectivity index (χ0v) is 16.0. The zero-order valence-electron chi connectivity index (χ0n) is 16.0. The predicted octanol–water partition coefficient (Wildman–Crippen LogP) is 1.50. The van der Waals surface area contributed by atoms with Gasteiger partial charge in [-0.05, 0) is 12.1 Å². The predicted molar refractivity (Wildman–Crippen MR) is 91.8 cm³/mol. The largest absolute Gasteiger partial charge is 0.458 e. The highest BCUT2D eigenvalue weighted by atomic mass is 19.4. The van der Waals surface area contributed by atoms with Crippen LogP contribution in [0.5, 0.6) is 5.75 Å². The summed E-state index contributed by atoms with van der Waals surface area (Å²) in [5.41, 5.74) is -4.24. The molecule has 15 heteroatoms. The molecule has 0 spiro atoms. The molecule has 3 unspecified atom stereocenters. The maximum Gasteiger partial charge on any atom is 0.434 e. The maximum absolute atomic E-state index is 14.7. The molecule has 1 aromatic carbocycles. The summed E-state index contributed by atoms with van der Waals surface area (Å²) >= 11 is 0. The van der Waals surface area contributed by atoms with E-state index in [1.807, 2.05) is 0 Å². The Hall–Kier alpha value is -2.59. The lowest BCUT2D eigenvalue weighted by atomic mass is 9.99. The molecule has 1 aliphatic rings. The van der Waals surface area contributed by atoms with Gasteiger partial charge in [0.05, 0.1) is 24.7 Å². The highest BCUT2D eigenvalue weighted by molar-refractivity contribution is 5.62. The Morgan fingerprint density at radius 1 is 0.909 bits per heavy atom. The van der Waals surface area contributed by atoms with Crippen molar-refractivity contribution < 1.29 is 60.6 Å². The van der Waals surface area contributed by atoms with Crippen LogP contribution in [0.1, 0.15) is 11.3 Å². The first-order valence-corrected chi connectivity index (χ1v) is 9.01. The third-order valence-electron chi connectivity index (χ3n) is 4.67. The fourth-order valence-electron chi connectivity index (χ4n) is 2.98. The minimum absolute atomic E-state index is 0.263. The number of aromatic nitrogens is 2. The second-order valence-corrected chi connectivity index (χ2v) is 6.93. The lowest BCUT2D eigenvalue weighted by molar-refractivity contribution is -0.278. The van der Waals surface area contributed by atoms with Crippen molar-refractivity contribution in [2.45, 2.75) is 43.1 Å². The van der Waals surface area contributed by atoms with E-state index in [1.54, 1.807) is 0 Å². The fourth-order valence-corrected chi connectivity index (χ4v) is 2.98. The van der Waals surface area contributed by atoms with Gasteiger partial charge in [-0.1, -0.05) is 0 Å². The van der Waals surface area contributed by atoms with Crippen LogP contribution in [-0.4, -0.2) is 67.7 Å². The maximum atomic E-state index is 14.7. The van der Waals surface area contributed by atoms with E-state index < -0.39 is 83.7 Å². The van der Waals surface area contributed by atoms with Crippen molar-refractivity contribution in [3.05, 3.63) is 41.6 Å². The Bertz CT molecular complexity index is 984. The molecular formula is C18H15F7N2O6. The van der Waals surface area contributed by atoms with Crippen LogP contribution in [-0.2, 0) is 17.1 Å². The number of aliphatic hydroxyl groups excluding tert-OH is 4. The standard InChI is InChI=1S/C18H15F7N2O6/c19-8-2-6(9-3-27-11(4-26-9)18(23,24)25)1-7(17(20,21)22)15(8)33-16-14(31)13(30)12(29)10(5-28)32-16/h1-4,10,12-14,16,28-31H,5H2/t10?,12-,13?,14?,16-/m1/s1. The highest BCUT2D eigenvalue weighted by Gasteiger charge is 2.46.